The van der Waals surface area contributed by atoms with Gasteiger partial charge in [-0.15, -0.1) is 0 Å². The quantitative estimate of drug-likeness (QED) is 0.828. The molecular weight excluding hydrogens is 269 g/mol. The van der Waals surface area contributed by atoms with Crippen LogP contribution in [-0.2, 0) is 4.79 Å². The maximum atomic E-state index is 11.9. The number of nitrogens with zero attached hydrogens (tertiary/aromatic N) is 1. The van der Waals surface area contributed by atoms with Crippen LogP contribution in [0.3, 0.4) is 0 Å². The van der Waals surface area contributed by atoms with Crippen molar-refractivity contribution >= 4 is 22.4 Å². The van der Waals surface area contributed by atoms with Gasteiger partial charge < -0.3 is 10.4 Å². The Morgan fingerprint density at radius 2 is 2.28 bits per heavy atom. The van der Waals surface area contributed by atoms with Crippen LogP contribution < -0.4 is 5.32 Å². The van der Waals surface area contributed by atoms with E-state index in [2.05, 4.69) is 22.1 Å². The predicted octanol–water partition coefficient (Wildman–Crippen LogP) is 1.77. The number of hydrogen-bond acceptors (Lipinski definition) is 4. The highest BCUT2D eigenvalue weighted by atomic mass is 32.1. The van der Waals surface area contributed by atoms with E-state index >= 15 is 0 Å². The van der Waals surface area contributed by atoms with Gasteiger partial charge in [0.15, 0.2) is 5.13 Å². The lowest BCUT2D eigenvalue weighted by Crippen LogP contribution is -2.16. The van der Waals surface area contributed by atoms with Crippen LogP contribution in [0.15, 0.2) is 6.20 Å². The van der Waals surface area contributed by atoms with Gasteiger partial charge in [-0.3, -0.25) is 4.79 Å². The molecule has 0 radical (unpaired) electrons. The number of amides is 1. The highest BCUT2D eigenvalue weighted by Crippen LogP contribution is 2.22. The highest BCUT2D eigenvalue weighted by molar-refractivity contribution is 7.16. The van der Waals surface area contributed by atoms with Gasteiger partial charge in [-0.05, 0) is 0 Å². The average Bonchev–Trinajstić information content (AvgIpc) is 2.70. The summed E-state index contributed by atoms with van der Waals surface area (Å²) < 4.78 is 35.6. The molecule has 0 aliphatic carbocycles. The van der Waals surface area contributed by atoms with Crippen molar-refractivity contribution in [2.45, 2.75) is 19.0 Å². The molecule has 98 valence electrons. The third-order valence-electron chi connectivity index (χ3n) is 1.68. The molecule has 1 aromatic heterocycles. The maximum Gasteiger partial charge on any atom is 0.389 e. The fourth-order valence-corrected chi connectivity index (χ4v) is 1.66. The lowest BCUT2D eigenvalue weighted by atomic mass is 10.3. The SMILES string of the molecule is O=C(CCC(F)(F)F)Nc1ncc(C#CCO)s1. The van der Waals surface area contributed by atoms with E-state index in [0.29, 0.717) is 4.88 Å². The lowest BCUT2D eigenvalue weighted by molar-refractivity contribution is -0.142. The van der Waals surface area contributed by atoms with Crippen LogP contribution in [0.25, 0.3) is 0 Å². The minimum Gasteiger partial charge on any atom is -0.384 e. The molecule has 1 heterocycles. The number of carbonyl (C=O) groups is 1. The van der Waals surface area contributed by atoms with Crippen LogP contribution in [0, 0.1) is 11.8 Å². The molecule has 18 heavy (non-hydrogen) atoms. The van der Waals surface area contributed by atoms with Crippen LogP contribution >= 0.6 is 11.3 Å². The number of aliphatic hydroxyl groups excluding tert-OH is 1. The summed E-state index contributed by atoms with van der Waals surface area (Å²) in [6.45, 7) is -0.300. The van der Waals surface area contributed by atoms with Crippen molar-refractivity contribution in [1.29, 1.82) is 0 Å². The van der Waals surface area contributed by atoms with Crippen molar-refractivity contribution in [3.63, 3.8) is 0 Å². The summed E-state index contributed by atoms with van der Waals surface area (Å²) in [6.07, 6.45) is -4.78. The Morgan fingerprint density at radius 1 is 1.56 bits per heavy atom. The summed E-state index contributed by atoms with van der Waals surface area (Å²) in [5, 5.41) is 10.9. The fraction of sp³-hybridized carbons (Fsp3) is 0.400. The molecular formula is C10H9F3N2O2S. The van der Waals surface area contributed by atoms with Crippen molar-refractivity contribution < 1.29 is 23.1 Å². The first-order valence-electron chi connectivity index (χ1n) is 4.83. The Morgan fingerprint density at radius 3 is 2.89 bits per heavy atom. The zero-order chi connectivity index (χ0) is 13.6. The number of alkyl halides is 3. The second-order valence-corrected chi connectivity index (χ2v) is 4.18. The van der Waals surface area contributed by atoms with Gasteiger partial charge in [0.2, 0.25) is 5.91 Å². The van der Waals surface area contributed by atoms with Crippen LogP contribution in [0.5, 0.6) is 0 Å². The van der Waals surface area contributed by atoms with Crippen LogP contribution in [0.1, 0.15) is 17.7 Å². The van der Waals surface area contributed by atoms with Gasteiger partial charge in [0.1, 0.15) is 6.61 Å². The van der Waals surface area contributed by atoms with E-state index in [0.717, 1.165) is 11.3 Å². The maximum absolute atomic E-state index is 11.9. The topological polar surface area (TPSA) is 62.2 Å². The first kappa shape index (κ1) is 14.5. The molecule has 4 nitrogen and oxygen atoms in total. The van der Waals surface area contributed by atoms with E-state index in [9.17, 15) is 18.0 Å². The van der Waals surface area contributed by atoms with Gasteiger partial charge in [0, 0.05) is 6.42 Å². The first-order valence-corrected chi connectivity index (χ1v) is 5.64. The van der Waals surface area contributed by atoms with Crippen molar-refractivity contribution in [2.24, 2.45) is 0 Å². The third kappa shape index (κ3) is 5.65. The minimum atomic E-state index is -4.35. The van der Waals surface area contributed by atoms with Crippen molar-refractivity contribution in [2.75, 3.05) is 11.9 Å². The second-order valence-electron chi connectivity index (χ2n) is 3.15. The van der Waals surface area contributed by atoms with Gasteiger partial charge in [-0.25, -0.2) is 4.98 Å². The van der Waals surface area contributed by atoms with Gasteiger partial charge in [0.05, 0.1) is 17.5 Å². The molecule has 2 N–H and O–H groups in total. The van der Waals surface area contributed by atoms with E-state index in [1.807, 2.05) is 0 Å². The number of hydrogen-bond donors (Lipinski definition) is 2. The van der Waals surface area contributed by atoms with Crippen LogP contribution in [-0.4, -0.2) is 28.8 Å². The summed E-state index contributed by atoms with van der Waals surface area (Å²) in [5.74, 6) is 4.21. The number of halogens is 3. The van der Waals surface area contributed by atoms with Crippen molar-refractivity contribution in [3.8, 4) is 11.8 Å². The first-order chi connectivity index (χ1) is 8.40. The Labute approximate surface area is 105 Å². The van der Waals surface area contributed by atoms with Gasteiger partial charge in [-0.2, -0.15) is 13.2 Å². The zero-order valence-corrected chi connectivity index (χ0v) is 9.86. The molecule has 0 aliphatic rings. The second kappa shape index (κ2) is 6.37. The minimum absolute atomic E-state index is 0.185. The number of rotatable bonds is 3. The van der Waals surface area contributed by atoms with Crippen molar-refractivity contribution in [3.05, 3.63) is 11.1 Å². The predicted molar refractivity (Wildman–Crippen MR) is 60.0 cm³/mol. The number of nitrogens with one attached hydrogen (secondary N) is 1. The van der Waals surface area contributed by atoms with E-state index in [1.165, 1.54) is 6.20 Å². The monoisotopic (exact) mass is 278 g/mol. The number of aromatic nitrogens is 1. The van der Waals surface area contributed by atoms with Crippen LogP contribution in [0.4, 0.5) is 18.3 Å². The third-order valence-corrected chi connectivity index (χ3v) is 2.51. The van der Waals surface area contributed by atoms with E-state index in [4.69, 9.17) is 5.11 Å². The molecule has 1 aromatic rings. The largest absolute Gasteiger partial charge is 0.389 e. The van der Waals surface area contributed by atoms with Crippen LogP contribution in [0.2, 0.25) is 0 Å². The standard InChI is InChI=1S/C10H9F3N2O2S/c11-10(12,13)4-3-8(17)15-9-14-6-7(18-9)2-1-5-16/h6,16H,3-5H2,(H,14,15,17). The Bertz CT molecular complexity index is 473. The molecule has 1 rings (SSSR count). The fourth-order valence-electron chi connectivity index (χ4n) is 0.953. The molecule has 8 heteroatoms. The summed E-state index contributed by atoms with van der Waals surface area (Å²) >= 11 is 1.03. The van der Waals surface area contributed by atoms with Gasteiger partial charge in [0.25, 0.3) is 0 Å². The van der Waals surface area contributed by atoms with E-state index in [1.54, 1.807) is 0 Å². The normalized spacial score (nSPS) is 10.7. The average molecular weight is 278 g/mol. The molecule has 0 spiro atoms. The van der Waals surface area contributed by atoms with E-state index < -0.39 is 24.9 Å². The Kier molecular flexibility index (Phi) is 5.12. The molecule has 0 unspecified atom stereocenters. The number of thiazole rings is 1. The Hall–Kier alpha value is -1.59. The number of anilines is 1. The molecule has 0 bridgehead atoms. The van der Waals surface area contributed by atoms with E-state index in [-0.39, 0.29) is 11.7 Å². The molecule has 1 amide bonds. The number of carbonyl (C=O) groups excluding carboxylic acids is 1. The molecule has 0 fully saturated rings. The van der Waals surface area contributed by atoms with Gasteiger partial charge >= 0.3 is 6.18 Å². The molecule has 0 saturated carbocycles. The Balaban J connectivity index is 2.47. The number of aliphatic hydroxyl groups is 1. The highest BCUT2D eigenvalue weighted by Gasteiger charge is 2.27. The summed E-state index contributed by atoms with van der Waals surface area (Å²) in [5.41, 5.74) is 0. The lowest BCUT2D eigenvalue weighted by Gasteiger charge is -2.05. The summed E-state index contributed by atoms with van der Waals surface area (Å²) in [4.78, 5) is 15.4. The molecule has 0 aliphatic heterocycles. The molecule has 0 saturated heterocycles. The summed E-state index contributed by atoms with van der Waals surface area (Å²) in [6, 6.07) is 0. The zero-order valence-electron chi connectivity index (χ0n) is 9.04. The smallest absolute Gasteiger partial charge is 0.384 e. The molecule has 0 aromatic carbocycles. The van der Waals surface area contributed by atoms with Gasteiger partial charge in [-0.1, -0.05) is 23.2 Å². The molecule has 0 atom stereocenters. The van der Waals surface area contributed by atoms with Crippen molar-refractivity contribution in [1.82, 2.24) is 4.98 Å². The summed E-state index contributed by atoms with van der Waals surface area (Å²) in [7, 11) is 0.